The first kappa shape index (κ1) is 53.5. The maximum atomic E-state index is 13.9. The number of aldehydes is 1. The van der Waals surface area contributed by atoms with E-state index in [1.54, 1.807) is 61.8 Å². The molecule has 6 aromatic rings. The molecule has 72 heavy (non-hydrogen) atoms. The first-order valence-electron chi connectivity index (χ1n) is 23.8. The lowest BCUT2D eigenvalue weighted by Gasteiger charge is -2.32. The molecule has 5 heterocycles. The summed E-state index contributed by atoms with van der Waals surface area (Å²) in [6.45, 7) is 16.6. The van der Waals surface area contributed by atoms with Crippen LogP contribution in [-0.2, 0) is 30.9 Å². The number of nitrogens with zero attached hydrogens (tertiary/aromatic N) is 9. The number of ether oxygens (including phenoxy) is 3. The van der Waals surface area contributed by atoms with Crippen LogP contribution in [0.25, 0.3) is 22.1 Å². The summed E-state index contributed by atoms with van der Waals surface area (Å²) in [5, 5.41) is 17.7. The van der Waals surface area contributed by atoms with E-state index < -0.39 is 29.4 Å². The molecule has 1 fully saturated rings. The zero-order chi connectivity index (χ0) is 52.3. The number of amides is 4. The maximum absolute atomic E-state index is 13.9. The number of aryl methyl sites for hydroxylation is 4. The highest BCUT2D eigenvalue weighted by molar-refractivity contribution is 6.05. The second-order valence-corrected chi connectivity index (χ2v) is 17.9. The normalized spacial score (nSPS) is 13.4. The van der Waals surface area contributed by atoms with Crippen molar-refractivity contribution in [1.29, 1.82) is 0 Å². The van der Waals surface area contributed by atoms with Gasteiger partial charge in [-0.05, 0) is 105 Å². The standard InChI is InChI=1S/C49H61N13O8.CH5N/c1-9-61-37(23-30(3)56-61)44(65)54-46-52-35-25-32(29-63)26-39(68-8)41(35)59(46)18-11-12-19-60-42-36(53-47(60)55-45(66)38-24-31(4)57-62(38)10-2)27-33(43(50)64)28-40(42)69-22-14-13-17-58-20-15-34(16-21-58)51-48(67)70-49(5,6)7;1-2/h11-14,23-29,34H,9-10,15-22H2,1-8H3,(H2,50,64)(H,51,67)(H,52,54,65)(H,53,55,66);2H2,1H3/b12-11+,14-13-;. The number of nitrogens with one attached hydrogen (secondary N) is 3. The van der Waals surface area contributed by atoms with Gasteiger partial charge in [-0.3, -0.25) is 44.1 Å². The molecule has 0 bridgehead atoms. The van der Waals surface area contributed by atoms with Crippen LogP contribution in [0.15, 0.2) is 60.7 Å². The number of hydrogen-bond acceptors (Lipinski definition) is 14. The highest BCUT2D eigenvalue weighted by Gasteiger charge is 2.25. The molecule has 1 aliphatic heterocycles. The Bertz CT molecular complexity index is 2980. The molecule has 4 aromatic heterocycles. The van der Waals surface area contributed by atoms with E-state index in [2.05, 4.69) is 36.8 Å². The van der Waals surface area contributed by atoms with Crippen molar-refractivity contribution in [2.24, 2.45) is 11.5 Å². The summed E-state index contributed by atoms with van der Waals surface area (Å²) in [7, 11) is 2.99. The lowest BCUT2D eigenvalue weighted by Crippen LogP contribution is -2.46. The van der Waals surface area contributed by atoms with Crippen LogP contribution in [0.5, 0.6) is 11.5 Å². The number of carbonyl (C=O) groups is 5. The lowest BCUT2D eigenvalue weighted by molar-refractivity contribution is 0.0480. The average Bonchev–Trinajstić information content (AvgIpc) is 4.12. The van der Waals surface area contributed by atoms with Gasteiger partial charge in [0.05, 0.1) is 29.5 Å². The van der Waals surface area contributed by atoms with Crippen LogP contribution in [0.3, 0.4) is 0 Å². The quantitative estimate of drug-likeness (QED) is 0.0487. The zero-order valence-electron chi connectivity index (χ0n) is 42.4. The fourth-order valence-corrected chi connectivity index (χ4v) is 8.30. The van der Waals surface area contributed by atoms with Gasteiger partial charge in [-0.2, -0.15) is 10.2 Å². The number of nitrogens with two attached hydrogens (primary N) is 2. The van der Waals surface area contributed by atoms with Gasteiger partial charge in [0.1, 0.15) is 52.4 Å². The minimum Gasteiger partial charge on any atom is -0.494 e. The Balaban J connectivity index is 0.00000418. The number of primary amides is 1. The van der Waals surface area contributed by atoms with Crippen LogP contribution in [0.1, 0.15) is 101 Å². The van der Waals surface area contributed by atoms with Crippen molar-refractivity contribution in [3.8, 4) is 11.5 Å². The summed E-state index contributed by atoms with van der Waals surface area (Å²) in [5.41, 5.74) is 14.1. The molecule has 2 aromatic carbocycles. The smallest absolute Gasteiger partial charge is 0.407 e. The Morgan fingerprint density at radius 2 is 1.28 bits per heavy atom. The van der Waals surface area contributed by atoms with Crippen molar-refractivity contribution in [3.05, 3.63) is 94.6 Å². The molecule has 22 heteroatoms. The number of likely N-dealkylation sites (tertiary alicyclic amines) is 1. The van der Waals surface area contributed by atoms with Crippen LogP contribution >= 0.6 is 0 Å². The van der Waals surface area contributed by atoms with Crippen molar-refractivity contribution in [2.45, 2.75) is 99.1 Å². The van der Waals surface area contributed by atoms with E-state index in [4.69, 9.17) is 29.9 Å². The molecule has 0 saturated carbocycles. The van der Waals surface area contributed by atoms with Crippen LogP contribution in [0, 0.1) is 13.8 Å². The van der Waals surface area contributed by atoms with Crippen molar-refractivity contribution in [3.63, 3.8) is 0 Å². The molecule has 0 aliphatic carbocycles. The van der Waals surface area contributed by atoms with E-state index in [0.717, 1.165) is 25.9 Å². The molecular weight excluding hydrogens is 925 g/mol. The van der Waals surface area contributed by atoms with E-state index in [-0.39, 0.29) is 43.2 Å². The SMILES string of the molecule is CCn1nc(C)cc1C(=O)Nc1nc2cc(C=O)cc(OC)c2n1C/C=C/Cn1c(NC(=O)c2cc(C)nn2CC)nc2cc(C(N)=O)cc(OC/C=C\CN3CCC(NC(=O)OC(C)(C)C)CC3)c21.CN. The Labute approximate surface area is 417 Å². The molecule has 384 valence electrons. The Morgan fingerprint density at radius 1 is 0.750 bits per heavy atom. The van der Waals surface area contributed by atoms with Gasteiger partial charge in [0.2, 0.25) is 17.8 Å². The number of aromatic nitrogens is 8. The summed E-state index contributed by atoms with van der Waals surface area (Å²) in [6.07, 6.45) is 9.48. The van der Waals surface area contributed by atoms with Gasteiger partial charge in [-0.25, -0.2) is 14.8 Å². The van der Waals surface area contributed by atoms with Gasteiger partial charge >= 0.3 is 6.09 Å². The van der Waals surface area contributed by atoms with Crippen LogP contribution in [0.4, 0.5) is 16.7 Å². The number of allylic oxidation sites excluding steroid dienone is 2. The summed E-state index contributed by atoms with van der Waals surface area (Å²) in [5.74, 6) is -0.489. The average molecular weight is 991 g/mol. The van der Waals surface area contributed by atoms with Crippen LogP contribution in [0.2, 0.25) is 0 Å². The number of anilines is 2. The highest BCUT2D eigenvalue weighted by Crippen LogP contribution is 2.33. The fourth-order valence-electron chi connectivity index (χ4n) is 8.30. The van der Waals surface area contributed by atoms with E-state index in [1.807, 2.05) is 65.8 Å². The topological polar surface area (TPSA) is 276 Å². The van der Waals surface area contributed by atoms with Crippen molar-refractivity contribution < 1.29 is 38.2 Å². The lowest BCUT2D eigenvalue weighted by atomic mass is 10.1. The van der Waals surface area contributed by atoms with Crippen LogP contribution in [-0.4, -0.2) is 126 Å². The number of fused-ring (bicyclic) bond motifs is 2. The Hall–Kier alpha value is -7.85. The molecule has 7 N–H and O–H groups in total. The van der Waals surface area contributed by atoms with E-state index in [1.165, 1.54) is 14.2 Å². The molecule has 0 radical (unpaired) electrons. The van der Waals surface area contributed by atoms with Gasteiger partial charge in [-0.1, -0.05) is 24.3 Å². The molecule has 0 unspecified atom stereocenters. The molecule has 4 amide bonds. The van der Waals surface area contributed by atoms with E-state index >= 15 is 0 Å². The second-order valence-electron chi connectivity index (χ2n) is 17.9. The minimum atomic E-state index is -0.686. The van der Waals surface area contributed by atoms with Crippen molar-refractivity contribution in [2.75, 3.05) is 51.0 Å². The monoisotopic (exact) mass is 991 g/mol. The zero-order valence-corrected chi connectivity index (χ0v) is 42.4. The Kier molecular flexibility index (Phi) is 17.7. The second kappa shape index (κ2) is 23.8. The molecule has 1 aliphatic rings. The minimum absolute atomic E-state index is 0.0369. The summed E-state index contributed by atoms with van der Waals surface area (Å²) >= 11 is 0. The molecule has 1 saturated heterocycles. The summed E-state index contributed by atoms with van der Waals surface area (Å²) < 4.78 is 24.2. The third kappa shape index (κ3) is 12.9. The Morgan fingerprint density at radius 3 is 1.78 bits per heavy atom. The predicted octanol–water partition coefficient (Wildman–Crippen LogP) is 5.62. The number of rotatable bonds is 19. The third-order valence-corrected chi connectivity index (χ3v) is 11.5. The van der Waals surface area contributed by atoms with Gasteiger partial charge in [0.15, 0.2) is 0 Å². The van der Waals surface area contributed by atoms with E-state index in [0.29, 0.717) is 87.8 Å². The van der Waals surface area contributed by atoms with Crippen molar-refractivity contribution in [1.82, 2.24) is 48.9 Å². The number of piperidine rings is 1. The van der Waals surface area contributed by atoms with Gasteiger partial charge in [-0.15, -0.1) is 0 Å². The number of hydrogen-bond donors (Lipinski definition) is 5. The molecule has 22 nitrogen and oxygen atoms in total. The number of imidazole rings is 2. The van der Waals surface area contributed by atoms with Gasteiger partial charge in [0, 0.05) is 63.0 Å². The number of benzene rings is 2. The highest BCUT2D eigenvalue weighted by atomic mass is 16.6. The van der Waals surface area contributed by atoms with Gasteiger partial charge in [0.25, 0.3) is 11.8 Å². The van der Waals surface area contributed by atoms with Crippen molar-refractivity contribution >= 4 is 64.1 Å². The number of carbonyl (C=O) groups excluding carboxylic acids is 5. The largest absolute Gasteiger partial charge is 0.494 e. The predicted molar refractivity (Wildman–Crippen MR) is 274 cm³/mol. The number of methoxy groups -OCH3 is 1. The molecule has 0 spiro atoms. The summed E-state index contributed by atoms with van der Waals surface area (Å²) in [6, 6.07) is 9.75. The maximum Gasteiger partial charge on any atom is 0.407 e. The first-order chi connectivity index (χ1) is 34.5. The van der Waals surface area contributed by atoms with Crippen LogP contribution < -0.4 is 36.9 Å². The first-order valence-corrected chi connectivity index (χ1v) is 23.8. The van der Waals surface area contributed by atoms with E-state index in [9.17, 15) is 24.0 Å². The molecule has 7 rings (SSSR count). The fraction of sp³-hybridized carbons (Fsp3) is 0.420. The summed E-state index contributed by atoms with van der Waals surface area (Å²) in [4.78, 5) is 76.2. The molecular formula is C50H66N14O8. The molecule has 0 atom stereocenters. The van der Waals surface area contributed by atoms with Gasteiger partial charge < -0.3 is 40.1 Å². The third-order valence-electron chi connectivity index (χ3n) is 11.5. The number of alkyl carbamates (subject to hydrolysis) is 1.